The molecule has 0 amide bonds. The number of nitrogens with two attached hydrogens (primary N) is 1. The van der Waals surface area contributed by atoms with E-state index in [1.54, 1.807) is 0 Å². The van der Waals surface area contributed by atoms with Gasteiger partial charge in [0.05, 0.1) is 16.6 Å². The fourth-order valence-corrected chi connectivity index (χ4v) is 4.27. The van der Waals surface area contributed by atoms with Crippen LogP contribution in [0.3, 0.4) is 0 Å². The zero-order chi connectivity index (χ0) is 15.0. The van der Waals surface area contributed by atoms with E-state index in [2.05, 4.69) is 11.9 Å². The lowest BCUT2D eigenvalue weighted by Crippen LogP contribution is -2.25. The number of benzene rings is 1. The van der Waals surface area contributed by atoms with Crippen LogP contribution in [-0.4, -0.2) is 16.1 Å². The molecule has 21 heavy (non-hydrogen) atoms. The molecule has 0 unspecified atom stereocenters. The summed E-state index contributed by atoms with van der Waals surface area (Å²) in [5.41, 5.74) is 8.96. The molecule has 0 aliphatic heterocycles. The Morgan fingerprint density at radius 2 is 2.10 bits per heavy atom. The van der Waals surface area contributed by atoms with Crippen LogP contribution >= 0.6 is 11.3 Å². The van der Waals surface area contributed by atoms with Gasteiger partial charge >= 0.3 is 5.97 Å². The number of hydrogen-bond acceptors (Lipinski definition) is 4. The third-order valence-corrected chi connectivity index (χ3v) is 5.37. The first-order valence-electron chi connectivity index (χ1n) is 7.39. The normalized spacial score (nSPS) is 18.0. The van der Waals surface area contributed by atoms with Gasteiger partial charge in [-0.25, -0.2) is 4.98 Å². The van der Waals surface area contributed by atoms with Crippen LogP contribution < -0.4 is 5.73 Å². The van der Waals surface area contributed by atoms with E-state index < -0.39 is 5.97 Å². The number of aromatic nitrogens is 1. The summed E-state index contributed by atoms with van der Waals surface area (Å²) in [6.45, 7) is 2.28. The van der Waals surface area contributed by atoms with Gasteiger partial charge < -0.3 is 10.8 Å². The molecule has 1 aromatic carbocycles. The summed E-state index contributed by atoms with van der Waals surface area (Å²) in [6, 6.07) is 3.97. The van der Waals surface area contributed by atoms with Gasteiger partial charge in [0.1, 0.15) is 0 Å². The molecule has 5 heteroatoms. The molecule has 1 heterocycles. The van der Waals surface area contributed by atoms with Gasteiger partial charge in [0, 0.05) is 0 Å². The van der Waals surface area contributed by atoms with Crippen LogP contribution in [0.2, 0.25) is 0 Å². The van der Waals surface area contributed by atoms with Gasteiger partial charge in [-0.05, 0) is 35.4 Å². The second-order valence-electron chi connectivity index (χ2n) is 6.23. The van der Waals surface area contributed by atoms with Gasteiger partial charge in [-0.15, -0.1) is 0 Å². The lowest BCUT2D eigenvalue weighted by molar-refractivity contribution is -0.136. The van der Waals surface area contributed by atoms with E-state index >= 15 is 0 Å². The van der Waals surface area contributed by atoms with Crippen molar-refractivity contribution in [3.8, 4) is 0 Å². The molecular weight excluding hydrogens is 284 g/mol. The molecule has 1 saturated carbocycles. The number of nitrogen functional groups attached to an aromatic ring is 1. The highest BCUT2D eigenvalue weighted by Gasteiger charge is 2.31. The molecule has 0 atom stereocenters. The molecular formula is C16H20N2O2S. The number of rotatable bonds is 3. The minimum absolute atomic E-state index is 0.0524. The fourth-order valence-electron chi connectivity index (χ4n) is 3.44. The second-order valence-corrected chi connectivity index (χ2v) is 7.30. The van der Waals surface area contributed by atoms with Crippen molar-refractivity contribution in [1.82, 2.24) is 4.98 Å². The summed E-state index contributed by atoms with van der Waals surface area (Å²) in [5, 5.41) is 9.63. The molecule has 1 aliphatic rings. The first-order chi connectivity index (χ1) is 9.98. The van der Waals surface area contributed by atoms with Gasteiger partial charge in [-0.1, -0.05) is 43.6 Å². The zero-order valence-electron chi connectivity index (χ0n) is 12.2. The molecule has 1 fully saturated rings. The average Bonchev–Trinajstić information content (AvgIpc) is 2.78. The van der Waals surface area contributed by atoms with Crippen LogP contribution in [0.4, 0.5) is 5.13 Å². The number of carbonyl (C=O) groups is 1. The third kappa shape index (κ3) is 2.75. The van der Waals surface area contributed by atoms with E-state index in [-0.39, 0.29) is 11.8 Å². The smallest absolute Gasteiger partial charge is 0.307 e. The number of nitrogens with zero attached hydrogens (tertiary/aromatic N) is 1. The van der Waals surface area contributed by atoms with E-state index in [4.69, 9.17) is 10.8 Å². The van der Waals surface area contributed by atoms with Crippen molar-refractivity contribution in [1.29, 1.82) is 0 Å². The summed E-state index contributed by atoms with van der Waals surface area (Å²) in [7, 11) is 0. The molecule has 3 rings (SSSR count). The van der Waals surface area contributed by atoms with Crippen LogP contribution in [0.1, 0.15) is 50.2 Å². The first kappa shape index (κ1) is 14.3. The first-order valence-corrected chi connectivity index (χ1v) is 8.21. The minimum atomic E-state index is -0.799. The van der Waals surface area contributed by atoms with E-state index in [9.17, 15) is 4.79 Å². The maximum atomic E-state index is 11.0. The maximum absolute atomic E-state index is 11.0. The molecule has 2 aromatic rings. The lowest BCUT2D eigenvalue weighted by atomic mass is 9.70. The van der Waals surface area contributed by atoms with Crippen molar-refractivity contribution in [3.63, 3.8) is 0 Å². The predicted octanol–water partition coefficient (Wildman–Crippen LogP) is 3.73. The number of aliphatic carboxylic acids is 1. The Kier molecular flexibility index (Phi) is 3.61. The van der Waals surface area contributed by atoms with E-state index in [1.807, 2.05) is 12.1 Å². The van der Waals surface area contributed by atoms with Gasteiger partial charge in [-0.3, -0.25) is 4.79 Å². The molecule has 1 aromatic heterocycles. The quantitative estimate of drug-likeness (QED) is 0.906. The molecule has 1 aliphatic carbocycles. The largest absolute Gasteiger partial charge is 0.481 e. The van der Waals surface area contributed by atoms with Crippen LogP contribution in [0.5, 0.6) is 0 Å². The van der Waals surface area contributed by atoms with Crippen molar-refractivity contribution in [2.75, 3.05) is 5.73 Å². The minimum Gasteiger partial charge on any atom is -0.481 e. The third-order valence-electron chi connectivity index (χ3n) is 4.53. The summed E-state index contributed by atoms with van der Waals surface area (Å²) in [5.74, 6) is -0.799. The molecule has 0 spiro atoms. The molecule has 0 radical (unpaired) electrons. The Balaban J connectivity index is 2.15. The molecule has 3 N–H and O–H groups in total. The number of hydrogen-bond donors (Lipinski definition) is 2. The maximum Gasteiger partial charge on any atom is 0.307 e. The van der Waals surface area contributed by atoms with Crippen LogP contribution in [0.15, 0.2) is 12.1 Å². The highest BCUT2D eigenvalue weighted by molar-refractivity contribution is 7.22. The Morgan fingerprint density at radius 1 is 1.38 bits per heavy atom. The molecule has 112 valence electrons. The van der Waals surface area contributed by atoms with Crippen LogP contribution in [0.25, 0.3) is 10.2 Å². The van der Waals surface area contributed by atoms with Crippen molar-refractivity contribution in [2.24, 2.45) is 0 Å². The van der Waals surface area contributed by atoms with Crippen molar-refractivity contribution in [3.05, 3.63) is 23.3 Å². The predicted molar refractivity (Wildman–Crippen MR) is 85.8 cm³/mol. The molecule has 0 bridgehead atoms. The van der Waals surface area contributed by atoms with Crippen LogP contribution in [-0.2, 0) is 16.6 Å². The van der Waals surface area contributed by atoms with Crippen molar-refractivity contribution < 1.29 is 9.90 Å². The van der Waals surface area contributed by atoms with E-state index in [1.165, 1.54) is 36.2 Å². The van der Waals surface area contributed by atoms with E-state index in [0.717, 1.165) is 28.6 Å². The molecule has 0 saturated heterocycles. The SMILES string of the molecule is CC1(c2cc(CC(=O)O)cc3sc(N)nc23)CCCCC1. The highest BCUT2D eigenvalue weighted by Crippen LogP contribution is 2.43. The standard InChI is InChI=1S/C16H20N2O2S/c1-16(5-3-2-4-6-16)11-7-10(9-13(19)20)8-12-14(11)18-15(17)21-12/h7-8H,2-6,9H2,1H3,(H2,17,18)(H,19,20). The Bertz CT molecular complexity index is 687. The van der Waals surface area contributed by atoms with Gasteiger partial charge in [-0.2, -0.15) is 0 Å². The highest BCUT2D eigenvalue weighted by atomic mass is 32.1. The topological polar surface area (TPSA) is 76.2 Å². The number of carboxylic acid groups (broad SMARTS) is 1. The monoisotopic (exact) mass is 304 g/mol. The van der Waals surface area contributed by atoms with Crippen molar-refractivity contribution in [2.45, 2.75) is 50.9 Å². The fraction of sp³-hybridized carbons (Fsp3) is 0.500. The summed E-state index contributed by atoms with van der Waals surface area (Å²) in [4.78, 5) is 15.5. The Morgan fingerprint density at radius 3 is 2.76 bits per heavy atom. The Hall–Kier alpha value is -1.62. The van der Waals surface area contributed by atoms with Crippen LogP contribution in [0, 0.1) is 0 Å². The summed E-state index contributed by atoms with van der Waals surface area (Å²) >= 11 is 1.44. The number of fused-ring (bicyclic) bond motifs is 1. The zero-order valence-corrected chi connectivity index (χ0v) is 13.0. The summed E-state index contributed by atoms with van der Waals surface area (Å²) in [6.07, 6.45) is 6.05. The lowest BCUT2D eigenvalue weighted by Gasteiger charge is -2.34. The Labute approximate surface area is 128 Å². The van der Waals surface area contributed by atoms with Gasteiger partial charge in [0.2, 0.25) is 0 Å². The summed E-state index contributed by atoms with van der Waals surface area (Å²) < 4.78 is 1.01. The van der Waals surface area contributed by atoms with Gasteiger partial charge in [0.15, 0.2) is 5.13 Å². The number of carboxylic acids is 1. The van der Waals surface area contributed by atoms with E-state index in [0.29, 0.717) is 5.13 Å². The number of thiazole rings is 1. The van der Waals surface area contributed by atoms with Crippen molar-refractivity contribution >= 4 is 32.7 Å². The van der Waals surface area contributed by atoms with Gasteiger partial charge in [0.25, 0.3) is 0 Å². The average molecular weight is 304 g/mol. The number of anilines is 1. The molecule has 4 nitrogen and oxygen atoms in total. The second kappa shape index (κ2) is 5.30.